The maximum Gasteiger partial charge on any atom is 0.317 e. The van der Waals surface area contributed by atoms with Crippen LogP contribution >= 0.6 is 0 Å². The van der Waals surface area contributed by atoms with Crippen LogP contribution in [0.3, 0.4) is 0 Å². The third-order valence-corrected chi connectivity index (χ3v) is 5.67. The van der Waals surface area contributed by atoms with Gasteiger partial charge in [-0.25, -0.2) is 4.79 Å². The number of carbonyl (C=O) groups is 1. The molecule has 1 unspecified atom stereocenters. The fourth-order valence-corrected chi connectivity index (χ4v) is 4.26. The second kappa shape index (κ2) is 9.40. The van der Waals surface area contributed by atoms with Crippen molar-refractivity contribution in [3.63, 3.8) is 0 Å². The summed E-state index contributed by atoms with van der Waals surface area (Å²) in [6.07, 6.45) is 3.71. The van der Waals surface area contributed by atoms with Crippen LogP contribution in [0, 0.1) is 19.8 Å². The molecule has 0 aromatic carbocycles. The Labute approximate surface area is 163 Å². The highest BCUT2D eigenvalue weighted by molar-refractivity contribution is 5.74. The van der Waals surface area contributed by atoms with Crippen molar-refractivity contribution >= 4 is 11.7 Å². The van der Waals surface area contributed by atoms with Crippen molar-refractivity contribution in [1.29, 1.82) is 0 Å². The van der Waals surface area contributed by atoms with E-state index < -0.39 is 0 Å². The van der Waals surface area contributed by atoms with Gasteiger partial charge in [-0.2, -0.15) is 0 Å². The van der Waals surface area contributed by atoms with Crippen molar-refractivity contribution in [3.05, 3.63) is 23.5 Å². The number of aromatic nitrogens is 1. The summed E-state index contributed by atoms with van der Waals surface area (Å²) in [5.74, 6) is 0.817. The van der Waals surface area contributed by atoms with Gasteiger partial charge in [0.1, 0.15) is 0 Å². The number of hydrogen-bond donors (Lipinski definition) is 1. The number of likely N-dealkylation sites (tertiary alicyclic amines) is 1. The Morgan fingerprint density at radius 1 is 1.15 bits per heavy atom. The largest absolute Gasteiger partial charge is 0.368 e. The number of hydrogen-bond acceptors (Lipinski definition) is 4. The molecule has 6 nitrogen and oxygen atoms in total. The van der Waals surface area contributed by atoms with Crippen molar-refractivity contribution in [2.24, 2.45) is 5.92 Å². The molecule has 0 bridgehead atoms. The van der Waals surface area contributed by atoms with Gasteiger partial charge in [0.05, 0.1) is 0 Å². The molecule has 2 aliphatic rings. The van der Waals surface area contributed by atoms with Crippen LogP contribution in [0.1, 0.15) is 37.6 Å². The first-order valence-corrected chi connectivity index (χ1v) is 10.5. The lowest BCUT2D eigenvalue weighted by atomic mass is 10.0. The number of anilines is 1. The average molecular weight is 374 g/mol. The summed E-state index contributed by atoms with van der Waals surface area (Å²) in [5.41, 5.74) is 3.32. The van der Waals surface area contributed by atoms with Crippen LogP contribution in [0.25, 0.3) is 0 Å². The molecule has 0 aliphatic carbocycles. The number of nitrogens with one attached hydrogen (secondary N) is 1. The number of amides is 2. The summed E-state index contributed by atoms with van der Waals surface area (Å²) in [7, 11) is 0. The van der Waals surface area contributed by atoms with E-state index in [2.05, 4.69) is 39.2 Å². The van der Waals surface area contributed by atoms with E-state index in [9.17, 15) is 4.79 Å². The molecule has 0 saturated carbocycles. The van der Waals surface area contributed by atoms with Crippen LogP contribution in [0.2, 0.25) is 0 Å². The molecule has 0 radical (unpaired) electrons. The van der Waals surface area contributed by atoms with Crippen LogP contribution in [0.15, 0.2) is 12.1 Å². The molecule has 6 heteroatoms. The molecule has 2 amide bonds. The fraction of sp³-hybridized carbons (Fsp3) is 0.714. The minimum atomic E-state index is 0.0868. The number of piperidine rings is 1. The van der Waals surface area contributed by atoms with E-state index in [1.165, 1.54) is 31.6 Å². The van der Waals surface area contributed by atoms with E-state index in [-0.39, 0.29) is 6.03 Å². The van der Waals surface area contributed by atoms with E-state index in [4.69, 9.17) is 0 Å². The van der Waals surface area contributed by atoms with Gasteiger partial charge in [0.15, 0.2) is 0 Å². The molecular weight excluding hydrogens is 338 g/mol. The van der Waals surface area contributed by atoms with Gasteiger partial charge in [-0.05, 0) is 64.3 Å². The predicted octanol–water partition coefficient (Wildman–Crippen LogP) is 2.65. The fourth-order valence-electron chi connectivity index (χ4n) is 4.26. The van der Waals surface area contributed by atoms with E-state index in [0.29, 0.717) is 0 Å². The molecule has 2 saturated heterocycles. The third kappa shape index (κ3) is 5.83. The first-order chi connectivity index (χ1) is 13.0. The highest BCUT2D eigenvalue weighted by Gasteiger charge is 2.21. The molecule has 1 atom stereocenters. The van der Waals surface area contributed by atoms with E-state index in [1.54, 1.807) is 0 Å². The summed E-state index contributed by atoms with van der Waals surface area (Å²) in [4.78, 5) is 23.7. The second-order valence-corrected chi connectivity index (χ2v) is 8.22. The molecule has 3 heterocycles. The summed E-state index contributed by atoms with van der Waals surface area (Å²) in [5, 5.41) is 3.11. The first kappa shape index (κ1) is 19.9. The highest BCUT2D eigenvalue weighted by atomic mass is 16.2. The van der Waals surface area contributed by atoms with Gasteiger partial charge >= 0.3 is 6.03 Å². The summed E-state index contributed by atoms with van der Waals surface area (Å²) < 4.78 is 0. The van der Waals surface area contributed by atoms with Crippen LogP contribution < -0.4 is 10.2 Å². The molecule has 150 valence electrons. The quantitative estimate of drug-likeness (QED) is 0.806. The lowest BCUT2D eigenvalue weighted by Gasteiger charge is -2.36. The highest BCUT2D eigenvalue weighted by Crippen LogP contribution is 2.18. The topological polar surface area (TPSA) is 51.7 Å². The van der Waals surface area contributed by atoms with Gasteiger partial charge in [0.2, 0.25) is 0 Å². The Hall–Kier alpha value is -1.82. The van der Waals surface area contributed by atoms with Gasteiger partial charge in [0.25, 0.3) is 0 Å². The second-order valence-electron chi connectivity index (χ2n) is 8.22. The molecule has 2 fully saturated rings. The Morgan fingerprint density at radius 2 is 1.85 bits per heavy atom. The minimum absolute atomic E-state index is 0.0868. The monoisotopic (exact) mass is 373 g/mol. The number of piperazine rings is 1. The molecule has 27 heavy (non-hydrogen) atoms. The van der Waals surface area contributed by atoms with Crippen molar-refractivity contribution < 1.29 is 4.79 Å². The molecule has 2 aliphatic heterocycles. The Morgan fingerprint density at radius 3 is 2.52 bits per heavy atom. The Balaban J connectivity index is 1.36. The minimum Gasteiger partial charge on any atom is -0.368 e. The van der Waals surface area contributed by atoms with Crippen molar-refractivity contribution in [3.8, 4) is 0 Å². The first-order valence-electron chi connectivity index (χ1n) is 10.5. The van der Waals surface area contributed by atoms with Crippen LogP contribution in [-0.2, 0) is 0 Å². The lowest BCUT2D eigenvalue weighted by Crippen LogP contribution is -2.52. The van der Waals surface area contributed by atoms with E-state index in [1.807, 2.05) is 18.7 Å². The lowest BCUT2D eigenvalue weighted by molar-refractivity contribution is 0.178. The van der Waals surface area contributed by atoms with Gasteiger partial charge in [-0.3, -0.25) is 4.98 Å². The maximum atomic E-state index is 12.4. The normalized spacial score (nSPS) is 21.4. The smallest absolute Gasteiger partial charge is 0.317 e. The van der Waals surface area contributed by atoms with E-state index in [0.717, 1.165) is 63.0 Å². The molecule has 1 aromatic rings. The molecule has 1 aromatic heterocycles. The number of urea groups is 1. The number of pyridine rings is 1. The number of carbonyl (C=O) groups excluding carboxylic acids is 1. The SMILES string of the molecule is Cc1cc(N2CCN(C(=O)NCCCN3CCCC(C)C3)CC2)cc(C)n1. The van der Waals surface area contributed by atoms with E-state index >= 15 is 0 Å². The van der Waals surface area contributed by atoms with Crippen LogP contribution in [0.5, 0.6) is 0 Å². The van der Waals surface area contributed by atoms with Gasteiger partial charge < -0.3 is 20.0 Å². The molecular formula is C21H35N5O. The van der Waals surface area contributed by atoms with Crippen molar-refractivity contribution in [2.75, 3.05) is 57.3 Å². The maximum absolute atomic E-state index is 12.4. The van der Waals surface area contributed by atoms with Gasteiger partial charge in [-0.15, -0.1) is 0 Å². The summed E-state index contributed by atoms with van der Waals surface area (Å²) in [6, 6.07) is 4.35. The Kier molecular flexibility index (Phi) is 6.94. The zero-order valence-corrected chi connectivity index (χ0v) is 17.2. The number of rotatable bonds is 5. The van der Waals surface area contributed by atoms with Crippen LogP contribution in [-0.4, -0.2) is 73.2 Å². The molecule has 0 spiro atoms. The average Bonchev–Trinajstić information content (AvgIpc) is 2.64. The number of nitrogens with zero attached hydrogens (tertiary/aromatic N) is 4. The van der Waals surface area contributed by atoms with Crippen LogP contribution in [0.4, 0.5) is 10.5 Å². The standard InChI is InChI=1S/C21H35N5O/c1-17-6-4-8-24(16-17)9-5-7-22-21(27)26-12-10-25(11-13-26)20-14-18(2)23-19(3)15-20/h14-15,17H,4-13,16H2,1-3H3,(H,22,27). The van der Waals surface area contributed by atoms with Gasteiger partial charge in [-0.1, -0.05) is 6.92 Å². The molecule has 3 rings (SSSR count). The van der Waals surface area contributed by atoms with Gasteiger partial charge in [0, 0.05) is 56.3 Å². The predicted molar refractivity (Wildman–Crippen MR) is 110 cm³/mol. The Bertz CT molecular complexity index is 607. The van der Waals surface area contributed by atoms with Crippen molar-refractivity contribution in [2.45, 2.75) is 40.0 Å². The summed E-state index contributed by atoms with van der Waals surface area (Å²) in [6.45, 7) is 14.0. The zero-order chi connectivity index (χ0) is 19.2. The zero-order valence-electron chi connectivity index (χ0n) is 17.2. The summed E-state index contributed by atoms with van der Waals surface area (Å²) >= 11 is 0. The van der Waals surface area contributed by atoms with Crippen molar-refractivity contribution in [1.82, 2.24) is 20.1 Å². The third-order valence-electron chi connectivity index (χ3n) is 5.67. The molecule has 1 N–H and O–H groups in total. The number of aryl methyl sites for hydroxylation is 2.